The standard InChI is InChI=1S/C17H15N7O4/c1-28-15-8-7-12(9-14(15)24(26)27)10-18-19-16(25)11-23-21-17(20-22-23)13-5-3-2-4-6-13/h2-10H,11H2,1H3,(H,19,25)/b18-10+. The molecule has 1 amide bonds. The van der Waals surface area contributed by atoms with Gasteiger partial charge in [0.25, 0.3) is 5.91 Å². The number of benzene rings is 2. The van der Waals surface area contributed by atoms with Crippen LogP contribution in [0, 0.1) is 10.1 Å². The second-order valence-corrected chi connectivity index (χ2v) is 5.49. The fraction of sp³-hybridized carbons (Fsp3) is 0.118. The summed E-state index contributed by atoms with van der Waals surface area (Å²) in [6.45, 7) is -0.181. The van der Waals surface area contributed by atoms with E-state index in [0.29, 0.717) is 11.4 Å². The average Bonchev–Trinajstić information content (AvgIpc) is 3.17. The lowest BCUT2D eigenvalue weighted by molar-refractivity contribution is -0.385. The second-order valence-electron chi connectivity index (χ2n) is 5.49. The van der Waals surface area contributed by atoms with Gasteiger partial charge in [0.15, 0.2) is 5.75 Å². The van der Waals surface area contributed by atoms with Crippen LogP contribution < -0.4 is 10.2 Å². The Kier molecular flexibility index (Phi) is 5.65. The van der Waals surface area contributed by atoms with Gasteiger partial charge >= 0.3 is 5.69 Å². The number of nitrogens with one attached hydrogen (secondary N) is 1. The van der Waals surface area contributed by atoms with Gasteiger partial charge in [-0.25, -0.2) is 5.43 Å². The van der Waals surface area contributed by atoms with Crippen LogP contribution in [0.25, 0.3) is 11.4 Å². The molecule has 2 aromatic carbocycles. The molecule has 0 spiro atoms. The summed E-state index contributed by atoms with van der Waals surface area (Å²) >= 11 is 0. The largest absolute Gasteiger partial charge is 0.490 e. The first-order valence-corrected chi connectivity index (χ1v) is 8.04. The summed E-state index contributed by atoms with van der Waals surface area (Å²) in [5.74, 6) is 0.0661. The topological polar surface area (TPSA) is 137 Å². The number of rotatable bonds is 7. The zero-order valence-corrected chi connectivity index (χ0v) is 14.7. The van der Waals surface area contributed by atoms with Crippen molar-refractivity contribution in [2.45, 2.75) is 6.54 Å². The van der Waals surface area contributed by atoms with E-state index in [4.69, 9.17) is 4.74 Å². The first-order valence-electron chi connectivity index (χ1n) is 8.04. The minimum Gasteiger partial charge on any atom is -0.490 e. The molecule has 1 heterocycles. The Morgan fingerprint density at radius 3 is 2.82 bits per heavy atom. The summed E-state index contributed by atoms with van der Waals surface area (Å²) in [5.41, 5.74) is 3.32. The lowest BCUT2D eigenvalue weighted by atomic mass is 10.2. The molecule has 0 fully saturated rings. The first kappa shape index (κ1) is 18.6. The van der Waals surface area contributed by atoms with Crippen LogP contribution in [0.1, 0.15) is 5.56 Å². The Balaban J connectivity index is 1.59. The van der Waals surface area contributed by atoms with Gasteiger partial charge < -0.3 is 4.74 Å². The van der Waals surface area contributed by atoms with E-state index in [1.807, 2.05) is 30.3 Å². The highest BCUT2D eigenvalue weighted by Crippen LogP contribution is 2.26. The van der Waals surface area contributed by atoms with Crippen molar-refractivity contribution in [2.75, 3.05) is 7.11 Å². The molecule has 0 aliphatic heterocycles. The van der Waals surface area contributed by atoms with Crippen LogP contribution in [0.2, 0.25) is 0 Å². The number of aromatic nitrogens is 4. The Morgan fingerprint density at radius 1 is 1.32 bits per heavy atom. The quantitative estimate of drug-likeness (QED) is 0.371. The third-order valence-electron chi connectivity index (χ3n) is 3.57. The molecule has 3 rings (SSSR count). The van der Waals surface area contributed by atoms with Crippen LogP contribution in [0.4, 0.5) is 5.69 Å². The van der Waals surface area contributed by atoms with Crippen molar-refractivity contribution in [2.24, 2.45) is 5.10 Å². The number of carbonyl (C=O) groups is 1. The smallest absolute Gasteiger partial charge is 0.311 e. The Bertz CT molecular complexity index is 1020. The molecule has 0 atom stereocenters. The third-order valence-corrected chi connectivity index (χ3v) is 3.57. The van der Waals surface area contributed by atoms with Gasteiger partial charge in [-0.15, -0.1) is 10.2 Å². The summed E-state index contributed by atoms with van der Waals surface area (Å²) in [6.07, 6.45) is 1.29. The molecule has 0 aliphatic rings. The van der Waals surface area contributed by atoms with Crippen LogP contribution in [0.5, 0.6) is 5.75 Å². The van der Waals surface area contributed by atoms with Crippen molar-refractivity contribution in [3.05, 3.63) is 64.2 Å². The van der Waals surface area contributed by atoms with Gasteiger partial charge in [0.2, 0.25) is 5.82 Å². The molecule has 11 heteroatoms. The van der Waals surface area contributed by atoms with E-state index < -0.39 is 10.8 Å². The minimum atomic E-state index is -0.560. The van der Waals surface area contributed by atoms with Crippen molar-refractivity contribution in [3.63, 3.8) is 0 Å². The number of hydrogen-bond acceptors (Lipinski definition) is 8. The zero-order chi connectivity index (χ0) is 19.9. The number of nitro groups is 1. The van der Waals surface area contributed by atoms with Gasteiger partial charge in [-0.3, -0.25) is 14.9 Å². The monoisotopic (exact) mass is 381 g/mol. The van der Waals surface area contributed by atoms with Crippen molar-refractivity contribution in [1.82, 2.24) is 25.6 Å². The number of hydrogen-bond donors (Lipinski definition) is 1. The van der Waals surface area contributed by atoms with Gasteiger partial charge in [-0.1, -0.05) is 30.3 Å². The highest BCUT2D eigenvalue weighted by molar-refractivity contribution is 5.83. The van der Waals surface area contributed by atoms with Gasteiger partial charge in [0.1, 0.15) is 6.54 Å². The first-order chi connectivity index (χ1) is 13.6. The zero-order valence-electron chi connectivity index (χ0n) is 14.7. The molecule has 0 radical (unpaired) electrons. The molecule has 0 saturated heterocycles. The van der Waals surface area contributed by atoms with E-state index in [2.05, 4.69) is 25.9 Å². The molecule has 0 bridgehead atoms. The molecule has 0 unspecified atom stereocenters. The van der Waals surface area contributed by atoms with E-state index >= 15 is 0 Å². The summed E-state index contributed by atoms with van der Waals surface area (Å²) < 4.78 is 4.93. The summed E-state index contributed by atoms with van der Waals surface area (Å²) in [7, 11) is 1.34. The number of amides is 1. The molecule has 1 N–H and O–H groups in total. The minimum absolute atomic E-state index is 0.137. The molecular weight excluding hydrogens is 366 g/mol. The molecule has 0 aliphatic carbocycles. The maximum atomic E-state index is 11.9. The summed E-state index contributed by atoms with van der Waals surface area (Å²) in [4.78, 5) is 23.5. The van der Waals surface area contributed by atoms with Crippen LogP contribution in [0.15, 0.2) is 53.6 Å². The van der Waals surface area contributed by atoms with Crippen molar-refractivity contribution >= 4 is 17.8 Å². The third kappa shape index (κ3) is 4.52. The van der Waals surface area contributed by atoms with E-state index in [-0.39, 0.29) is 18.0 Å². The highest BCUT2D eigenvalue weighted by atomic mass is 16.6. The number of tetrazole rings is 1. The van der Waals surface area contributed by atoms with Crippen molar-refractivity contribution < 1.29 is 14.5 Å². The van der Waals surface area contributed by atoms with Crippen LogP contribution in [0.3, 0.4) is 0 Å². The number of nitrogens with zero attached hydrogens (tertiary/aromatic N) is 6. The lowest BCUT2D eigenvalue weighted by Gasteiger charge is -2.02. The molecular formula is C17H15N7O4. The van der Waals surface area contributed by atoms with Crippen molar-refractivity contribution in [3.8, 4) is 17.1 Å². The normalized spacial score (nSPS) is 10.8. The average molecular weight is 381 g/mol. The maximum absolute atomic E-state index is 11.9. The Hall–Kier alpha value is -4.15. The van der Waals surface area contributed by atoms with Crippen molar-refractivity contribution in [1.29, 1.82) is 0 Å². The second kappa shape index (κ2) is 8.49. The molecule has 28 heavy (non-hydrogen) atoms. The molecule has 3 aromatic rings. The van der Waals surface area contributed by atoms with E-state index in [1.165, 1.54) is 25.5 Å². The molecule has 11 nitrogen and oxygen atoms in total. The molecule has 142 valence electrons. The van der Waals surface area contributed by atoms with E-state index in [0.717, 1.165) is 10.4 Å². The van der Waals surface area contributed by atoms with E-state index in [1.54, 1.807) is 6.07 Å². The molecule has 0 saturated carbocycles. The summed E-state index contributed by atoms with van der Waals surface area (Å²) in [6, 6.07) is 13.6. The summed E-state index contributed by atoms with van der Waals surface area (Å²) in [5, 5.41) is 26.6. The van der Waals surface area contributed by atoms with Gasteiger partial charge in [0, 0.05) is 17.2 Å². The molecule has 1 aromatic heterocycles. The number of carbonyl (C=O) groups excluding carboxylic acids is 1. The lowest BCUT2D eigenvalue weighted by Crippen LogP contribution is -2.24. The van der Waals surface area contributed by atoms with Gasteiger partial charge in [-0.05, 0) is 17.3 Å². The van der Waals surface area contributed by atoms with Gasteiger partial charge in [-0.2, -0.15) is 9.90 Å². The number of ether oxygens (including phenoxy) is 1. The highest BCUT2D eigenvalue weighted by Gasteiger charge is 2.14. The van der Waals surface area contributed by atoms with Crippen LogP contribution >= 0.6 is 0 Å². The Labute approximate surface area is 158 Å². The number of nitro benzene ring substituents is 1. The predicted octanol–water partition coefficient (Wildman–Crippen LogP) is 1.41. The number of hydrazone groups is 1. The SMILES string of the molecule is COc1ccc(/C=N/NC(=O)Cn2nnc(-c3ccccc3)n2)cc1[N+](=O)[O-]. The van der Waals surface area contributed by atoms with Crippen LogP contribution in [-0.4, -0.2) is 44.4 Å². The van der Waals surface area contributed by atoms with Crippen LogP contribution in [-0.2, 0) is 11.3 Å². The van der Waals surface area contributed by atoms with E-state index in [9.17, 15) is 14.9 Å². The fourth-order valence-corrected chi connectivity index (χ4v) is 2.29. The Morgan fingerprint density at radius 2 is 2.11 bits per heavy atom. The fourth-order valence-electron chi connectivity index (χ4n) is 2.29. The maximum Gasteiger partial charge on any atom is 0.311 e. The number of methoxy groups -OCH3 is 1. The predicted molar refractivity (Wildman–Crippen MR) is 98.6 cm³/mol. The van der Waals surface area contributed by atoms with Gasteiger partial charge in [0.05, 0.1) is 18.2 Å².